The van der Waals surface area contributed by atoms with Gasteiger partial charge in [-0.2, -0.15) is 4.98 Å². The van der Waals surface area contributed by atoms with Gasteiger partial charge in [0.1, 0.15) is 11.0 Å². The minimum Gasteiger partial charge on any atom is -0.368 e. The number of nitrogen functional groups attached to an aromatic ring is 1. The topological polar surface area (TPSA) is 92.9 Å². The molecule has 1 aliphatic rings. The predicted octanol–water partition coefficient (Wildman–Crippen LogP) is 2.77. The summed E-state index contributed by atoms with van der Waals surface area (Å²) in [7, 11) is 0. The Labute approximate surface area is 133 Å². The van der Waals surface area contributed by atoms with Crippen molar-refractivity contribution in [3.63, 3.8) is 0 Å². The molecule has 114 valence electrons. The first kappa shape index (κ1) is 14.6. The van der Waals surface area contributed by atoms with Crippen molar-refractivity contribution in [3.8, 4) is 0 Å². The van der Waals surface area contributed by atoms with E-state index < -0.39 is 0 Å². The largest absolute Gasteiger partial charge is 0.368 e. The van der Waals surface area contributed by atoms with E-state index in [-0.39, 0.29) is 17.9 Å². The molecule has 0 unspecified atom stereocenters. The zero-order valence-electron chi connectivity index (χ0n) is 12.1. The van der Waals surface area contributed by atoms with Gasteiger partial charge in [-0.05, 0) is 30.5 Å². The van der Waals surface area contributed by atoms with Crippen LogP contribution in [0.15, 0.2) is 24.3 Å². The van der Waals surface area contributed by atoms with Gasteiger partial charge in [-0.25, -0.2) is 4.98 Å². The Kier molecular flexibility index (Phi) is 3.85. The first-order chi connectivity index (χ1) is 10.5. The number of aryl methyl sites for hydroxylation is 1. The number of anilines is 3. The number of carbonyl (C=O) groups excluding carboxylic acids is 1. The molecule has 0 bridgehead atoms. The lowest BCUT2D eigenvalue weighted by molar-refractivity contribution is -0.116. The Morgan fingerprint density at radius 2 is 2.14 bits per heavy atom. The van der Waals surface area contributed by atoms with Gasteiger partial charge >= 0.3 is 0 Å². The first-order valence-electron chi connectivity index (χ1n) is 7.00. The van der Waals surface area contributed by atoms with E-state index in [9.17, 15) is 4.79 Å². The molecule has 3 rings (SSSR count). The second-order valence-corrected chi connectivity index (χ2v) is 5.65. The third-order valence-corrected chi connectivity index (χ3v) is 3.79. The van der Waals surface area contributed by atoms with Crippen LogP contribution in [0.2, 0.25) is 5.15 Å². The van der Waals surface area contributed by atoms with Crippen LogP contribution in [0.1, 0.15) is 30.5 Å². The molecule has 0 fully saturated rings. The highest BCUT2D eigenvalue weighted by molar-refractivity contribution is 6.29. The fourth-order valence-electron chi connectivity index (χ4n) is 2.49. The van der Waals surface area contributed by atoms with Gasteiger partial charge in [0.05, 0.1) is 0 Å². The summed E-state index contributed by atoms with van der Waals surface area (Å²) in [5, 5.41) is 6.43. The molecule has 7 heteroatoms. The van der Waals surface area contributed by atoms with Crippen LogP contribution in [-0.4, -0.2) is 15.9 Å². The molecule has 0 saturated heterocycles. The summed E-state index contributed by atoms with van der Waals surface area (Å²) in [6.07, 6.45) is 1.28. The van der Waals surface area contributed by atoms with Gasteiger partial charge in [0, 0.05) is 24.2 Å². The lowest BCUT2D eigenvalue weighted by Crippen LogP contribution is -2.19. The van der Waals surface area contributed by atoms with Crippen molar-refractivity contribution < 1.29 is 4.79 Å². The minimum atomic E-state index is 0.0216. The molecule has 1 aliphatic heterocycles. The third kappa shape index (κ3) is 3.12. The maximum atomic E-state index is 11.4. The van der Waals surface area contributed by atoms with Gasteiger partial charge in [0.2, 0.25) is 11.9 Å². The zero-order valence-corrected chi connectivity index (χ0v) is 12.8. The SMILES string of the molecule is C[C@H](Nc1cc(Cl)nc(N)n1)c1ccc2c(c1)CCC(=O)N2. The van der Waals surface area contributed by atoms with Crippen LogP contribution in [0.4, 0.5) is 17.5 Å². The van der Waals surface area contributed by atoms with Crippen LogP contribution < -0.4 is 16.4 Å². The lowest BCUT2D eigenvalue weighted by Gasteiger charge is -2.20. The van der Waals surface area contributed by atoms with Gasteiger partial charge in [-0.3, -0.25) is 4.79 Å². The Hall–Kier alpha value is -2.34. The summed E-state index contributed by atoms with van der Waals surface area (Å²) in [4.78, 5) is 19.3. The minimum absolute atomic E-state index is 0.0216. The van der Waals surface area contributed by atoms with E-state index in [4.69, 9.17) is 17.3 Å². The van der Waals surface area contributed by atoms with E-state index in [0.717, 1.165) is 23.2 Å². The van der Waals surface area contributed by atoms with Crippen molar-refractivity contribution in [2.24, 2.45) is 0 Å². The van der Waals surface area contributed by atoms with Gasteiger partial charge in [0.15, 0.2) is 0 Å². The molecule has 1 aromatic heterocycles. The molecule has 0 aliphatic carbocycles. The van der Waals surface area contributed by atoms with Crippen molar-refractivity contribution in [1.82, 2.24) is 9.97 Å². The smallest absolute Gasteiger partial charge is 0.224 e. The number of rotatable bonds is 3. The highest BCUT2D eigenvalue weighted by Crippen LogP contribution is 2.27. The summed E-state index contributed by atoms with van der Waals surface area (Å²) in [5.74, 6) is 0.781. The molecule has 1 aromatic carbocycles. The van der Waals surface area contributed by atoms with Gasteiger partial charge in [-0.1, -0.05) is 23.7 Å². The van der Waals surface area contributed by atoms with E-state index in [0.29, 0.717) is 17.4 Å². The Morgan fingerprint density at radius 3 is 2.91 bits per heavy atom. The van der Waals surface area contributed by atoms with Crippen LogP contribution in [0.3, 0.4) is 0 Å². The molecule has 6 nitrogen and oxygen atoms in total. The van der Waals surface area contributed by atoms with Gasteiger partial charge in [-0.15, -0.1) is 0 Å². The van der Waals surface area contributed by atoms with E-state index in [2.05, 4.69) is 26.7 Å². The molecule has 0 saturated carbocycles. The van der Waals surface area contributed by atoms with Crippen LogP contribution in [-0.2, 0) is 11.2 Å². The summed E-state index contributed by atoms with van der Waals surface area (Å²) in [6, 6.07) is 7.66. The fraction of sp³-hybridized carbons (Fsp3) is 0.267. The highest BCUT2D eigenvalue weighted by Gasteiger charge is 2.16. The van der Waals surface area contributed by atoms with E-state index in [1.807, 2.05) is 19.1 Å². The summed E-state index contributed by atoms with van der Waals surface area (Å²) < 4.78 is 0. The van der Waals surface area contributed by atoms with E-state index in [1.54, 1.807) is 6.07 Å². The van der Waals surface area contributed by atoms with Crippen LogP contribution in [0.25, 0.3) is 0 Å². The van der Waals surface area contributed by atoms with Gasteiger partial charge < -0.3 is 16.4 Å². The fourth-order valence-corrected chi connectivity index (χ4v) is 2.68. The number of aromatic nitrogens is 2. The molecule has 2 aromatic rings. The highest BCUT2D eigenvalue weighted by atomic mass is 35.5. The molecule has 2 heterocycles. The first-order valence-corrected chi connectivity index (χ1v) is 7.38. The average Bonchev–Trinajstić information content (AvgIpc) is 2.45. The number of carbonyl (C=O) groups is 1. The van der Waals surface area contributed by atoms with E-state index >= 15 is 0 Å². The number of fused-ring (bicyclic) bond motifs is 1. The lowest BCUT2D eigenvalue weighted by atomic mass is 9.98. The molecule has 1 atom stereocenters. The van der Waals surface area contributed by atoms with Crippen LogP contribution in [0.5, 0.6) is 0 Å². The maximum Gasteiger partial charge on any atom is 0.224 e. The normalized spacial score (nSPS) is 14.9. The zero-order chi connectivity index (χ0) is 15.7. The number of nitrogens with one attached hydrogen (secondary N) is 2. The second kappa shape index (κ2) is 5.81. The number of amides is 1. The number of halogens is 1. The Bertz CT molecular complexity index is 714. The van der Waals surface area contributed by atoms with Crippen molar-refractivity contribution >= 4 is 35.0 Å². The quantitative estimate of drug-likeness (QED) is 0.757. The average molecular weight is 318 g/mol. The summed E-state index contributed by atoms with van der Waals surface area (Å²) in [6.45, 7) is 2.02. The standard InChI is InChI=1S/C15H16ClN5O/c1-8(18-13-7-12(16)20-15(17)21-13)9-2-4-11-10(6-9)3-5-14(22)19-11/h2,4,6-8H,3,5H2,1H3,(H,19,22)(H3,17,18,20,21)/t8-/m0/s1. The van der Waals surface area contributed by atoms with E-state index in [1.165, 1.54) is 0 Å². The second-order valence-electron chi connectivity index (χ2n) is 5.26. The number of hydrogen-bond acceptors (Lipinski definition) is 5. The van der Waals surface area contributed by atoms with Gasteiger partial charge in [0.25, 0.3) is 0 Å². The molecule has 0 spiro atoms. The molecular weight excluding hydrogens is 302 g/mol. The number of nitrogens with zero attached hydrogens (tertiary/aromatic N) is 2. The molecule has 0 radical (unpaired) electrons. The van der Waals surface area contributed by atoms with Crippen molar-refractivity contribution in [2.75, 3.05) is 16.4 Å². The Morgan fingerprint density at radius 1 is 1.32 bits per heavy atom. The molecule has 4 N–H and O–H groups in total. The maximum absolute atomic E-state index is 11.4. The third-order valence-electron chi connectivity index (χ3n) is 3.60. The van der Waals surface area contributed by atoms with Crippen LogP contribution in [0, 0.1) is 0 Å². The van der Waals surface area contributed by atoms with Crippen molar-refractivity contribution in [3.05, 3.63) is 40.5 Å². The number of nitrogens with two attached hydrogens (primary N) is 1. The summed E-state index contributed by atoms with van der Waals surface area (Å²) >= 11 is 5.88. The predicted molar refractivity (Wildman–Crippen MR) is 86.9 cm³/mol. The summed E-state index contributed by atoms with van der Waals surface area (Å²) in [5.41, 5.74) is 8.73. The van der Waals surface area contributed by atoms with Crippen molar-refractivity contribution in [1.29, 1.82) is 0 Å². The molecular formula is C15H16ClN5O. The number of hydrogen-bond donors (Lipinski definition) is 3. The monoisotopic (exact) mass is 317 g/mol. The molecule has 22 heavy (non-hydrogen) atoms. The Balaban J connectivity index is 1.80. The number of benzene rings is 1. The van der Waals surface area contributed by atoms with Crippen LogP contribution >= 0.6 is 11.6 Å². The molecule has 1 amide bonds. The van der Waals surface area contributed by atoms with Crippen molar-refractivity contribution in [2.45, 2.75) is 25.8 Å².